The highest BCUT2D eigenvalue weighted by molar-refractivity contribution is 5.85. The van der Waals surface area contributed by atoms with Crippen LogP contribution in [0.1, 0.15) is 69.5 Å². The first-order valence-corrected chi connectivity index (χ1v) is 10.7. The molecule has 1 aromatic carbocycles. The fourth-order valence-corrected chi connectivity index (χ4v) is 6.49. The number of ether oxygens (including phenoxy) is 1. The lowest BCUT2D eigenvalue weighted by atomic mass is 9.47. The third-order valence-electron chi connectivity index (χ3n) is 7.18. The summed E-state index contributed by atoms with van der Waals surface area (Å²) in [5.74, 6) is 0.515. The highest BCUT2D eigenvalue weighted by atomic mass is 16.5. The summed E-state index contributed by atoms with van der Waals surface area (Å²) in [6.45, 7) is 0. The Morgan fingerprint density at radius 3 is 2.39 bits per heavy atom. The molecule has 5 saturated carbocycles. The minimum absolute atomic E-state index is 0.149. The summed E-state index contributed by atoms with van der Waals surface area (Å²) in [4.78, 5) is 25.7. The van der Waals surface area contributed by atoms with Gasteiger partial charge in [0.05, 0.1) is 12.0 Å². The van der Waals surface area contributed by atoms with E-state index in [0.717, 1.165) is 38.5 Å². The van der Waals surface area contributed by atoms with Crippen LogP contribution in [-0.4, -0.2) is 28.6 Å². The lowest BCUT2D eigenvalue weighted by molar-refractivity contribution is -0.180. The SMILES string of the molecule is O=C(CC12C[C@@H]3C[C@@H](CC(O)(C3)C1)C2)O[C@@H](C(=O)NC1CC1)c1ccccc1. The normalized spacial score (nSPS) is 36.8. The summed E-state index contributed by atoms with van der Waals surface area (Å²) < 4.78 is 5.77. The average molecular weight is 383 g/mol. The number of benzene rings is 1. The van der Waals surface area contributed by atoms with E-state index in [0.29, 0.717) is 30.2 Å². The number of nitrogens with one attached hydrogen (secondary N) is 1. The molecule has 0 aromatic heterocycles. The summed E-state index contributed by atoms with van der Waals surface area (Å²) >= 11 is 0. The molecule has 0 saturated heterocycles. The van der Waals surface area contributed by atoms with E-state index in [4.69, 9.17) is 4.74 Å². The van der Waals surface area contributed by atoms with Gasteiger partial charge in [0.2, 0.25) is 6.10 Å². The Hall–Kier alpha value is -1.88. The summed E-state index contributed by atoms with van der Waals surface area (Å²) in [6.07, 6.45) is 7.07. The van der Waals surface area contributed by atoms with Crippen molar-refractivity contribution in [1.29, 1.82) is 0 Å². The fourth-order valence-electron chi connectivity index (χ4n) is 6.49. The van der Waals surface area contributed by atoms with E-state index in [1.54, 1.807) is 0 Å². The summed E-state index contributed by atoms with van der Waals surface area (Å²) in [5.41, 5.74) is -0.0328. The molecule has 0 radical (unpaired) electrons. The van der Waals surface area contributed by atoms with Gasteiger partial charge < -0.3 is 15.2 Å². The molecule has 1 aromatic rings. The van der Waals surface area contributed by atoms with Crippen LogP contribution in [0.3, 0.4) is 0 Å². The molecule has 5 aliphatic rings. The minimum atomic E-state index is -0.897. The van der Waals surface area contributed by atoms with Gasteiger partial charge in [0, 0.05) is 11.6 Å². The predicted molar refractivity (Wildman–Crippen MR) is 103 cm³/mol. The molecule has 0 heterocycles. The summed E-state index contributed by atoms with van der Waals surface area (Å²) in [6, 6.07) is 9.48. The van der Waals surface area contributed by atoms with Gasteiger partial charge >= 0.3 is 5.97 Å². The Morgan fingerprint density at radius 2 is 1.79 bits per heavy atom. The number of rotatable bonds is 6. The van der Waals surface area contributed by atoms with Gasteiger partial charge in [-0.05, 0) is 68.6 Å². The third-order valence-corrected chi connectivity index (χ3v) is 7.18. The molecule has 5 heteroatoms. The maximum absolute atomic E-state index is 12.9. The van der Waals surface area contributed by atoms with Gasteiger partial charge in [-0.25, -0.2) is 0 Å². The first-order chi connectivity index (χ1) is 13.4. The van der Waals surface area contributed by atoms with Crippen LogP contribution in [0, 0.1) is 17.3 Å². The molecule has 0 aliphatic heterocycles. The number of hydrogen-bond donors (Lipinski definition) is 2. The van der Waals surface area contributed by atoms with Crippen LogP contribution >= 0.6 is 0 Å². The largest absolute Gasteiger partial charge is 0.447 e. The molecule has 6 rings (SSSR count). The molecule has 0 spiro atoms. The summed E-state index contributed by atoms with van der Waals surface area (Å²) in [5, 5.41) is 13.9. The Labute approximate surface area is 165 Å². The number of carbonyl (C=O) groups excluding carboxylic acids is 2. The zero-order chi connectivity index (χ0) is 19.4. The number of hydrogen-bond acceptors (Lipinski definition) is 4. The molecular formula is C23H29NO4. The molecule has 1 amide bonds. The lowest BCUT2D eigenvalue weighted by Gasteiger charge is -2.60. The smallest absolute Gasteiger partial charge is 0.307 e. The molecule has 150 valence electrons. The highest BCUT2D eigenvalue weighted by Gasteiger charge is 2.57. The van der Waals surface area contributed by atoms with Crippen molar-refractivity contribution >= 4 is 11.9 Å². The van der Waals surface area contributed by atoms with Crippen molar-refractivity contribution in [3.8, 4) is 0 Å². The van der Waals surface area contributed by atoms with Gasteiger partial charge in [-0.3, -0.25) is 9.59 Å². The zero-order valence-corrected chi connectivity index (χ0v) is 16.2. The van der Waals surface area contributed by atoms with Crippen molar-refractivity contribution in [2.75, 3.05) is 0 Å². The maximum atomic E-state index is 12.9. The van der Waals surface area contributed by atoms with Crippen LogP contribution in [-0.2, 0) is 14.3 Å². The van der Waals surface area contributed by atoms with Gasteiger partial charge in [-0.2, -0.15) is 0 Å². The monoisotopic (exact) mass is 383 g/mol. The van der Waals surface area contributed by atoms with Crippen molar-refractivity contribution in [1.82, 2.24) is 5.32 Å². The predicted octanol–water partition coefficient (Wildman–Crippen LogP) is 3.27. The number of esters is 1. The van der Waals surface area contributed by atoms with Crippen molar-refractivity contribution < 1.29 is 19.4 Å². The van der Waals surface area contributed by atoms with Gasteiger partial charge in [-0.15, -0.1) is 0 Å². The first-order valence-electron chi connectivity index (χ1n) is 10.7. The number of aliphatic hydroxyl groups is 1. The van der Waals surface area contributed by atoms with Gasteiger partial charge in [-0.1, -0.05) is 30.3 Å². The van der Waals surface area contributed by atoms with E-state index >= 15 is 0 Å². The third kappa shape index (κ3) is 3.57. The zero-order valence-electron chi connectivity index (χ0n) is 16.2. The van der Waals surface area contributed by atoms with Crippen LogP contribution in [0.25, 0.3) is 0 Å². The quantitative estimate of drug-likeness (QED) is 0.740. The van der Waals surface area contributed by atoms with Crippen LogP contribution in [0.2, 0.25) is 0 Å². The molecule has 5 atom stereocenters. The Kier molecular flexibility index (Phi) is 4.27. The second-order valence-corrected chi connectivity index (χ2v) is 9.93. The Bertz CT molecular complexity index is 758. The second kappa shape index (κ2) is 6.58. The van der Waals surface area contributed by atoms with Crippen LogP contribution < -0.4 is 5.32 Å². The molecule has 5 aliphatic carbocycles. The minimum Gasteiger partial charge on any atom is -0.447 e. The molecule has 2 unspecified atom stereocenters. The molecular weight excluding hydrogens is 354 g/mol. The lowest BCUT2D eigenvalue weighted by Crippen LogP contribution is -2.56. The molecule has 4 bridgehead atoms. The first kappa shape index (κ1) is 18.2. The van der Waals surface area contributed by atoms with Crippen LogP contribution in [0.15, 0.2) is 30.3 Å². The fraction of sp³-hybridized carbons (Fsp3) is 0.652. The van der Waals surface area contributed by atoms with E-state index in [1.807, 2.05) is 30.3 Å². The van der Waals surface area contributed by atoms with E-state index < -0.39 is 11.7 Å². The van der Waals surface area contributed by atoms with E-state index in [2.05, 4.69) is 5.32 Å². The standard InChI is InChI=1S/C23H29NO4/c25-19(13-22-9-15-8-16(10-22)12-23(27,11-15)14-22)28-20(17-4-2-1-3-5-17)21(26)24-18-6-7-18/h1-5,15-16,18,20,27H,6-14H2,(H,24,26)/t15-,16+,20-,22?,23?/m1/s1. The van der Waals surface area contributed by atoms with Crippen molar-refractivity contribution in [3.05, 3.63) is 35.9 Å². The van der Waals surface area contributed by atoms with Crippen molar-refractivity contribution in [3.63, 3.8) is 0 Å². The second-order valence-electron chi connectivity index (χ2n) is 9.93. The molecule has 5 fully saturated rings. The van der Waals surface area contributed by atoms with Gasteiger partial charge in [0.25, 0.3) is 5.91 Å². The molecule has 28 heavy (non-hydrogen) atoms. The highest BCUT2D eigenvalue weighted by Crippen LogP contribution is 2.62. The molecule has 2 N–H and O–H groups in total. The number of amides is 1. The molecule has 5 nitrogen and oxygen atoms in total. The topological polar surface area (TPSA) is 75.6 Å². The maximum Gasteiger partial charge on any atom is 0.307 e. The van der Waals surface area contributed by atoms with E-state index in [1.165, 1.54) is 6.42 Å². The summed E-state index contributed by atoms with van der Waals surface area (Å²) in [7, 11) is 0. The van der Waals surface area contributed by atoms with Crippen LogP contribution in [0.5, 0.6) is 0 Å². The van der Waals surface area contributed by atoms with Gasteiger partial charge in [0.1, 0.15) is 0 Å². The van der Waals surface area contributed by atoms with Crippen molar-refractivity contribution in [2.45, 2.75) is 75.5 Å². The van der Waals surface area contributed by atoms with Crippen LogP contribution in [0.4, 0.5) is 0 Å². The van der Waals surface area contributed by atoms with Crippen molar-refractivity contribution in [2.24, 2.45) is 17.3 Å². The Balaban J connectivity index is 1.30. The number of carbonyl (C=O) groups is 2. The Morgan fingerprint density at radius 1 is 1.11 bits per heavy atom. The van der Waals surface area contributed by atoms with E-state index in [9.17, 15) is 14.7 Å². The van der Waals surface area contributed by atoms with E-state index in [-0.39, 0.29) is 23.3 Å². The average Bonchev–Trinajstić information content (AvgIpc) is 3.41. The van der Waals surface area contributed by atoms with Gasteiger partial charge in [0.15, 0.2) is 0 Å².